The van der Waals surface area contributed by atoms with Crippen molar-refractivity contribution in [2.75, 3.05) is 0 Å². The number of ketones is 1. The summed E-state index contributed by atoms with van der Waals surface area (Å²) in [4.78, 5) is 11.4. The number of carbonyl (C=O) groups is 1. The molecule has 0 aliphatic carbocycles. The van der Waals surface area contributed by atoms with E-state index in [9.17, 15) is 4.79 Å². The Morgan fingerprint density at radius 1 is 1.40 bits per heavy atom. The van der Waals surface area contributed by atoms with Crippen molar-refractivity contribution in [1.29, 1.82) is 0 Å². The van der Waals surface area contributed by atoms with E-state index in [0.29, 0.717) is 18.9 Å². The van der Waals surface area contributed by atoms with E-state index >= 15 is 0 Å². The molecular formula is C11H19N3O. The zero-order valence-electron chi connectivity index (χ0n) is 9.90. The maximum Gasteiger partial charge on any atom is 0.135 e. The molecule has 0 unspecified atom stereocenters. The van der Waals surface area contributed by atoms with Gasteiger partial charge in [0.25, 0.3) is 0 Å². The van der Waals surface area contributed by atoms with Crippen molar-refractivity contribution in [1.82, 2.24) is 15.0 Å². The fraction of sp³-hybridized carbons (Fsp3) is 0.727. The summed E-state index contributed by atoms with van der Waals surface area (Å²) in [5.41, 5.74) is 0.901. The van der Waals surface area contributed by atoms with Crippen LogP contribution in [0.15, 0.2) is 6.20 Å². The first kappa shape index (κ1) is 11.9. The fourth-order valence-electron chi connectivity index (χ4n) is 1.22. The molecule has 0 amide bonds. The van der Waals surface area contributed by atoms with E-state index in [0.717, 1.165) is 5.69 Å². The van der Waals surface area contributed by atoms with E-state index < -0.39 is 0 Å². The lowest BCUT2D eigenvalue weighted by Gasteiger charge is -2.02. The van der Waals surface area contributed by atoms with Gasteiger partial charge in [0.15, 0.2) is 0 Å². The molecule has 0 aromatic carbocycles. The standard InChI is InChI=1S/C11H19N3O/c1-8(2)11(15)6-5-10-7-14(9(3)4)13-12-10/h7-9H,5-6H2,1-4H3. The molecule has 0 fully saturated rings. The zero-order valence-corrected chi connectivity index (χ0v) is 9.90. The molecule has 4 heteroatoms. The van der Waals surface area contributed by atoms with E-state index in [-0.39, 0.29) is 11.7 Å². The van der Waals surface area contributed by atoms with Gasteiger partial charge in [-0.2, -0.15) is 0 Å². The van der Waals surface area contributed by atoms with Gasteiger partial charge in [-0.05, 0) is 13.8 Å². The molecule has 0 spiro atoms. The third-order valence-corrected chi connectivity index (χ3v) is 2.36. The Labute approximate surface area is 90.7 Å². The Morgan fingerprint density at radius 2 is 2.07 bits per heavy atom. The highest BCUT2D eigenvalue weighted by molar-refractivity contribution is 5.80. The second-order valence-electron chi connectivity index (χ2n) is 4.40. The van der Waals surface area contributed by atoms with Crippen LogP contribution in [0.3, 0.4) is 0 Å². The Bertz CT molecular complexity index is 328. The van der Waals surface area contributed by atoms with Gasteiger partial charge in [-0.25, -0.2) is 4.68 Å². The van der Waals surface area contributed by atoms with Gasteiger partial charge in [-0.15, -0.1) is 5.10 Å². The van der Waals surface area contributed by atoms with Crippen LogP contribution in [0.5, 0.6) is 0 Å². The lowest BCUT2D eigenvalue weighted by Crippen LogP contribution is -2.07. The third-order valence-electron chi connectivity index (χ3n) is 2.36. The molecule has 1 aromatic rings. The molecule has 1 heterocycles. The summed E-state index contributed by atoms with van der Waals surface area (Å²) in [5.74, 6) is 0.402. The number of aromatic nitrogens is 3. The molecular weight excluding hydrogens is 190 g/mol. The van der Waals surface area contributed by atoms with Gasteiger partial charge in [0.2, 0.25) is 0 Å². The van der Waals surface area contributed by atoms with Crippen molar-refractivity contribution in [2.45, 2.75) is 46.6 Å². The number of Topliss-reactive ketones (excluding diaryl/α,β-unsaturated/α-hetero) is 1. The monoisotopic (exact) mass is 209 g/mol. The van der Waals surface area contributed by atoms with Crippen molar-refractivity contribution in [3.05, 3.63) is 11.9 Å². The highest BCUT2D eigenvalue weighted by Gasteiger charge is 2.09. The lowest BCUT2D eigenvalue weighted by atomic mass is 10.0. The number of carbonyl (C=O) groups excluding carboxylic acids is 1. The van der Waals surface area contributed by atoms with Gasteiger partial charge in [0.1, 0.15) is 5.78 Å². The van der Waals surface area contributed by atoms with Crippen molar-refractivity contribution in [3.63, 3.8) is 0 Å². The SMILES string of the molecule is CC(C)C(=O)CCc1cn(C(C)C)nn1. The van der Waals surface area contributed by atoms with E-state index in [2.05, 4.69) is 24.2 Å². The van der Waals surface area contributed by atoms with Crippen LogP contribution in [0.1, 0.15) is 45.9 Å². The van der Waals surface area contributed by atoms with Gasteiger partial charge < -0.3 is 0 Å². The highest BCUT2D eigenvalue weighted by atomic mass is 16.1. The maximum atomic E-state index is 11.4. The van der Waals surface area contributed by atoms with Crippen LogP contribution in [0.2, 0.25) is 0 Å². The Kier molecular flexibility index (Phi) is 4.00. The fourth-order valence-corrected chi connectivity index (χ4v) is 1.22. The van der Waals surface area contributed by atoms with Gasteiger partial charge >= 0.3 is 0 Å². The minimum Gasteiger partial charge on any atom is -0.299 e. The van der Waals surface area contributed by atoms with Crippen LogP contribution in [0, 0.1) is 5.92 Å². The topological polar surface area (TPSA) is 47.8 Å². The maximum absolute atomic E-state index is 11.4. The van der Waals surface area contributed by atoms with Gasteiger partial charge in [-0.1, -0.05) is 19.1 Å². The van der Waals surface area contributed by atoms with Crippen molar-refractivity contribution < 1.29 is 4.79 Å². The number of hydrogen-bond acceptors (Lipinski definition) is 3. The van der Waals surface area contributed by atoms with Crippen LogP contribution in [0.4, 0.5) is 0 Å². The Morgan fingerprint density at radius 3 is 2.53 bits per heavy atom. The van der Waals surface area contributed by atoms with Crippen molar-refractivity contribution in [3.8, 4) is 0 Å². The molecule has 1 rings (SSSR count). The summed E-state index contributed by atoms with van der Waals surface area (Å²) < 4.78 is 1.81. The molecule has 1 aromatic heterocycles. The first-order chi connectivity index (χ1) is 7.00. The predicted molar refractivity (Wildman–Crippen MR) is 58.6 cm³/mol. The number of hydrogen-bond donors (Lipinski definition) is 0. The summed E-state index contributed by atoms with van der Waals surface area (Å²) in [6.07, 6.45) is 3.18. The number of rotatable bonds is 5. The smallest absolute Gasteiger partial charge is 0.135 e. The Balaban J connectivity index is 2.48. The van der Waals surface area contributed by atoms with Gasteiger partial charge in [0.05, 0.1) is 5.69 Å². The van der Waals surface area contributed by atoms with Gasteiger partial charge in [0, 0.05) is 31.0 Å². The quantitative estimate of drug-likeness (QED) is 0.745. The molecule has 0 atom stereocenters. The largest absolute Gasteiger partial charge is 0.299 e. The van der Waals surface area contributed by atoms with E-state index in [1.54, 1.807) is 0 Å². The van der Waals surface area contributed by atoms with E-state index in [1.807, 2.05) is 24.7 Å². The summed E-state index contributed by atoms with van der Waals surface area (Å²) in [6.45, 7) is 7.95. The molecule has 0 aliphatic heterocycles. The normalized spacial score (nSPS) is 11.3. The highest BCUT2D eigenvalue weighted by Crippen LogP contribution is 2.07. The molecule has 0 saturated carbocycles. The minimum atomic E-state index is 0.116. The summed E-state index contributed by atoms with van der Waals surface area (Å²) in [5, 5.41) is 8.02. The average molecular weight is 209 g/mol. The molecule has 15 heavy (non-hydrogen) atoms. The average Bonchev–Trinajstić information content (AvgIpc) is 2.62. The Hall–Kier alpha value is -1.19. The molecule has 4 nitrogen and oxygen atoms in total. The summed E-state index contributed by atoms with van der Waals surface area (Å²) in [7, 11) is 0. The van der Waals surface area contributed by atoms with Crippen LogP contribution >= 0.6 is 0 Å². The third kappa shape index (κ3) is 3.46. The van der Waals surface area contributed by atoms with Crippen LogP contribution < -0.4 is 0 Å². The second-order valence-corrected chi connectivity index (χ2v) is 4.40. The molecule has 84 valence electrons. The van der Waals surface area contributed by atoms with Crippen LogP contribution in [-0.2, 0) is 11.2 Å². The summed E-state index contributed by atoms with van der Waals surface area (Å²) >= 11 is 0. The second kappa shape index (κ2) is 5.05. The van der Waals surface area contributed by atoms with Crippen LogP contribution in [-0.4, -0.2) is 20.8 Å². The molecule has 0 bridgehead atoms. The summed E-state index contributed by atoms with van der Waals surface area (Å²) in [6, 6.07) is 0.326. The molecule has 0 saturated heterocycles. The van der Waals surface area contributed by atoms with Crippen molar-refractivity contribution >= 4 is 5.78 Å². The molecule has 0 aliphatic rings. The first-order valence-corrected chi connectivity index (χ1v) is 5.44. The van der Waals surface area contributed by atoms with E-state index in [4.69, 9.17) is 0 Å². The first-order valence-electron chi connectivity index (χ1n) is 5.44. The predicted octanol–water partition coefficient (Wildman–Crippen LogP) is 2.02. The molecule has 0 N–H and O–H groups in total. The zero-order chi connectivity index (χ0) is 11.4. The van der Waals surface area contributed by atoms with Gasteiger partial charge in [-0.3, -0.25) is 4.79 Å². The lowest BCUT2D eigenvalue weighted by molar-refractivity contribution is -0.121. The number of aryl methyl sites for hydroxylation is 1. The van der Waals surface area contributed by atoms with E-state index in [1.165, 1.54) is 0 Å². The van der Waals surface area contributed by atoms with Crippen LogP contribution in [0.25, 0.3) is 0 Å². The number of nitrogens with zero attached hydrogens (tertiary/aromatic N) is 3. The minimum absolute atomic E-state index is 0.116. The molecule has 0 radical (unpaired) electrons. The van der Waals surface area contributed by atoms with Crippen molar-refractivity contribution in [2.24, 2.45) is 5.92 Å².